The lowest BCUT2D eigenvalue weighted by Crippen LogP contribution is -2.34. The Hall–Kier alpha value is -1.03. The van der Waals surface area contributed by atoms with Gasteiger partial charge < -0.3 is 10.1 Å². The molecule has 1 N–H and O–H groups in total. The second kappa shape index (κ2) is 6.42. The van der Waals surface area contributed by atoms with E-state index in [1.165, 1.54) is 37.7 Å². The molecule has 1 atom stereocenters. The highest BCUT2D eigenvalue weighted by Gasteiger charge is 2.21. The van der Waals surface area contributed by atoms with E-state index in [1.807, 2.05) is 18.7 Å². The van der Waals surface area contributed by atoms with Gasteiger partial charge in [0.2, 0.25) is 5.88 Å². The average Bonchev–Trinajstić information content (AvgIpc) is 2.70. The van der Waals surface area contributed by atoms with E-state index < -0.39 is 0 Å². The zero-order valence-corrected chi connectivity index (χ0v) is 12.7. The summed E-state index contributed by atoms with van der Waals surface area (Å²) in [6.07, 6.45) is 6.95. The number of methoxy groups -OCH3 is 1. The van der Waals surface area contributed by atoms with E-state index >= 15 is 0 Å². The van der Waals surface area contributed by atoms with Gasteiger partial charge in [-0.1, -0.05) is 19.3 Å². The molecule has 1 fully saturated rings. The molecule has 1 aromatic rings. The van der Waals surface area contributed by atoms with Crippen LogP contribution in [-0.2, 0) is 13.6 Å². The average molecular weight is 265 g/mol. The predicted octanol–water partition coefficient (Wildman–Crippen LogP) is 2.80. The molecule has 2 rings (SSSR count). The first kappa shape index (κ1) is 14.4. The molecule has 1 unspecified atom stereocenters. The number of hydrogen-bond acceptors (Lipinski definition) is 3. The van der Waals surface area contributed by atoms with Crippen LogP contribution in [0.5, 0.6) is 5.88 Å². The molecule has 1 aliphatic rings. The summed E-state index contributed by atoms with van der Waals surface area (Å²) in [7, 11) is 3.64. The van der Waals surface area contributed by atoms with Gasteiger partial charge in [0, 0.05) is 19.6 Å². The maximum atomic E-state index is 5.44. The van der Waals surface area contributed by atoms with Gasteiger partial charge in [-0.15, -0.1) is 0 Å². The Kier molecular flexibility index (Phi) is 4.86. The maximum absolute atomic E-state index is 5.44. The predicted molar refractivity (Wildman–Crippen MR) is 77.4 cm³/mol. The third kappa shape index (κ3) is 3.30. The van der Waals surface area contributed by atoms with Crippen molar-refractivity contribution in [3.05, 3.63) is 11.3 Å². The third-order valence-corrected chi connectivity index (χ3v) is 4.44. The lowest BCUT2D eigenvalue weighted by Gasteiger charge is -2.28. The van der Waals surface area contributed by atoms with Crippen molar-refractivity contribution in [2.24, 2.45) is 13.0 Å². The van der Waals surface area contributed by atoms with E-state index in [2.05, 4.69) is 17.3 Å². The molecule has 0 saturated heterocycles. The summed E-state index contributed by atoms with van der Waals surface area (Å²) in [6, 6.07) is 0.574. The number of aromatic nitrogens is 2. The minimum atomic E-state index is 0.574. The molecule has 4 heteroatoms. The Morgan fingerprint density at radius 1 is 1.37 bits per heavy atom. The van der Waals surface area contributed by atoms with E-state index in [1.54, 1.807) is 7.11 Å². The summed E-state index contributed by atoms with van der Waals surface area (Å²) in [4.78, 5) is 0. The number of nitrogens with zero attached hydrogens (tertiary/aromatic N) is 2. The molecule has 0 bridgehead atoms. The Labute approximate surface area is 116 Å². The van der Waals surface area contributed by atoms with Gasteiger partial charge in [-0.2, -0.15) is 5.10 Å². The zero-order valence-electron chi connectivity index (χ0n) is 12.7. The van der Waals surface area contributed by atoms with Crippen molar-refractivity contribution in [3.63, 3.8) is 0 Å². The normalized spacial score (nSPS) is 18.5. The second-order valence-electron chi connectivity index (χ2n) is 5.76. The maximum Gasteiger partial charge on any atom is 0.216 e. The minimum absolute atomic E-state index is 0.574. The van der Waals surface area contributed by atoms with Crippen LogP contribution in [0.25, 0.3) is 0 Å². The number of rotatable bonds is 5. The highest BCUT2D eigenvalue weighted by atomic mass is 16.5. The second-order valence-corrected chi connectivity index (χ2v) is 5.76. The van der Waals surface area contributed by atoms with Crippen LogP contribution >= 0.6 is 0 Å². The Balaban J connectivity index is 1.94. The molecule has 1 aliphatic carbocycles. The summed E-state index contributed by atoms with van der Waals surface area (Å²) in [5.74, 6) is 1.71. The molecule has 19 heavy (non-hydrogen) atoms. The SMILES string of the molecule is COc1c(CNC(C)C2CCCCC2)c(C)nn1C. The van der Waals surface area contributed by atoms with E-state index in [0.717, 1.165) is 24.0 Å². The van der Waals surface area contributed by atoms with E-state index in [9.17, 15) is 0 Å². The summed E-state index contributed by atoms with van der Waals surface area (Å²) in [6.45, 7) is 5.21. The molecule has 1 saturated carbocycles. The molecule has 1 aromatic heterocycles. The molecular weight excluding hydrogens is 238 g/mol. The van der Waals surface area contributed by atoms with Crippen LogP contribution in [0.1, 0.15) is 50.3 Å². The van der Waals surface area contributed by atoms with Gasteiger partial charge in [-0.05, 0) is 32.6 Å². The van der Waals surface area contributed by atoms with Crippen LogP contribution in [-0.4, -0.2) is 22.9 Å². The fraction of sp³-hybridized carbons (Fsp3) is 0.800. The van der Waals surface area contributed by atoms with Crippen LogP contribution in [0.3, 0.4) is 0 Å². The van der Waals surface area contributed by atoms with Gasteiger partial charge >= 0.3 is 0 Å². The molecule has 0 spiro atoms. The first-order valence-electron chi connectivity index (χ1n) is 7.43. The van der Waals surface area contributed by atoms with Crippen molar-refractivity contribution in [1.82, 2.24) is 15.1 Å². The van der Waals surface area contributed by atoms with Gasteiger partial charge in [0.25, 0.3) is 0 Å². The smallest absolute Gasteiger partial charge is 0.216 e. The van der Waals surface area contributed by atoms with Crippen molar-refractivity contribution in [3.8, 4) is 5.88 Å². The number of nitrogens with one attached hydrogen (secondary N) is 1. The standard InChI is InChI=1S/C15H27N3O/c1-11(13-8-6-5-7-9-13)16-10-14-12(2)17-18(3)15(14)19-4/h11,13,16H,5-10H2,1-4H3. The molecule has 0 radical (unpaired) electrons. The lowest BCUT2D eigenvalue weighted by atomic mass is 9.84. The highest BCUT2D eigenvalue weighted by molar-refractivity contribution is 5.30. The van der Waals surface area contributed by atoms with Crippen LogP contribution in [0.15, 0.2) is 0 Å². The van der Waals surface area contributed by atoms with Gasteiger partial charge in [0.1, 0.15) is 0 Å². The van der Waals surface area contributed by atoms with Crippen molar-refractivity contribution in [2.45, 2.75) is 58.5 Å². The Morgan fingerprint density at radius 3 is 2.68 bits per heavy atom. The van der Waals surface area contributed by atoms with Crippen molar-refractivity contribution >= 4 is 0 Å². The van der Waals surface area contributed by atoms with Crippen molar-refractivity contribution < 1.29 is 4.74 Å². The minimum Gasteiger partial charge on any atom is -0.481 e. The van der Waals surface area contributed by atoms with Crippen LogP contribution in [0.4, 0.5) is 0 Å². The van der Waals surface area contributed by atoms with E-state index in [0.29, 0.717) is 6.04 Å². The molecule has 4 nitrogen and oxygen atoms in total. The van der Waals surface area contributed by atoms with Crippen LogP contribution in [0, 0.1) is 12.8 Å². The van der Waals surface area contributed by atoms with Gasteiger partial charge in [-0.3, -0.25) is 0 Å². The van der Waals surface area contributed by atoms with Crippen molar-refractivity contribution in [2.75, 3.05) is 7.11 Å². The summed E-state index contributed by atoms with van der Waals surface area (Å²) in [5.41, 5.74) is 2.25. The van der Waals surface area contributed by atoms with Gasteiger partial charge in [0.15, 0.2) is 0 Å². The third-order valence-electron chi connectivity index (χ3n) is 4.44. The van der Waals surface area contributed by atoms with Crippen LogP contribution < -0.4 is 10.1 Å². The Bertz CT molecular complexity index is 408. The largest absolute Gasteiger partial charge is 0.481 e. The Morgan fingerprint density at radius 2 is 2.05 bits per heavy atom. The van der Waals surface area contributed by atoms with Crippen molar-refractivity contribution in [1.29, 1.82) is 0 Å². The van der Waals surface area contributed by atoms with Crippen LogP contribution in [0.2, 0.25) is 0 Å². The van der Waals surface area contributed by atoms with E-state index in [4.69, 9.17) is 4.74 Å². The molecule has 0 amide bonds. The first-order chi connectivity index (χ1) is 9.13. The molecule has 0 aromatic carbocycles. The molecule has 1 heterocycles. The number of hydrogen-bond donors (Lipinski definition) is 1. The molecular formula is C15H27N3O. The fourth-order valence-electron chi connectivity index (χ4n) is 3.20. The van der Waals surface area contributed by atoms with Gasteiger partial charge in [-0.25, -0.2) is 4.68 Å². The zero-order chi connectivity index (χ0) is 13.8. The number of aryl methyl sites for hydroxylation is 2. The monoisotopic (exact) mass is 265 g/mol. The fourth-order valence-corrected chi connectivity index (χ4v) is 3.20. The van der Waals surface area contributed by atoms with Gasteiger partial charge in [0.05, 0.1) is 18.4 Å². The number of ether oxygens (including phenoxy) is 1. The summed E-state index contributed by atoms with van der Waals surface area (Å²) < 4.78 is 7.25. The molecule has 0 aliphatic heterocycles. The topological polar surface area (TPSA) is 39.1 Å². The highest BCUT2D eigenvalue weighted by Crippen LogP contribution is 2.27. The summed E-state index contributed by atoms with van der Waals surface area (Å²) >= 11 is 0. The lowest BCUT2D eigenvalue weighted by molar-refractivity contribution is 0.279. The first-order valence-corrected chi connectivity index (χ1v) is 7.43. The summed E-state index contributed by atoms with van der Waals surface area (Å²) in [5, 5.41) is 8.09. The quantitative estimate of drug-likeness (QED) is 0.890. The molecule has 108 valence electrons. The van der Waals surface area contributed by atoms with E-state index in [-0.39, 0.29) is 0 Å².